The van der Waals surface area contributed by atoms with E-state index in [0.717, 1.165) is 0 Å². The van der Waals surface area contributed by atoms with Crippen LogP contribution in [-0.2, 0) is 19.6 Å². The zero-order valence-electron chi connectivity index (χ0n) is 16.6. The van der Waals surface area contributed by atoms with Gasteiger partial charge in [0, 0.05) is 12.1 Å². The van der Waals surface area contributed by atoms with Gasteiger partial charge in [-0.2, -0.15) is 0 Å². The second-order valence-electron chi connectivity index (χ2n) is 6.62. The van der Waals surface area contributed by atoms with Gasteiger partial charge in [-0.15, -0.1) is 0 Å². The van der Waals surface area contributed by atoms with E-state index in [9.17, 15) is 22.8 Å². The highest BCUT2D eigenvalue weighted by atomic mass is 32.2. The summed E-state index contributed by atoms with van der Waals surface area (Å²) in [7, 11) is -3.68. The highest BCUT2D eigenvalue weighted by Gasteiger charge is 2.22. The minimum absolute atomic E-state index is 0.0144. The Bertz CT molecular complexity index is 805. The molecule has 0 heterocycles. The van der Waals surface area contributed by atoms with Gasteiger partial charge >= 0.3 is 12.0 Å². The zero-order chi connectivity index (χ0) is 21.5. The van der Waals surface area contributed by atoms with E-state index in [2.05, 4.69) is 15.4 Å². The Morgan fingerprint density at radius 2 is 1.61 bits per heavy atom. The highest BCUT2D eigenvalue weighted by molar-refractivity contribution is 7.89. The highest BCUT2D eigenvalue weighted by Crippen LogP contribution is 2.13. The first-order valence-corrected chi connectivity index (χ1v) is 10.4. The summed E-state index contributed by atoms with van der Waals surface area (Å²) in [5.41, 5.74) is 0.0776. The van der Waals surface area contributed by atoms with Crippen molar-refractivity contribution in [1.82, 2.24) is 15.4 Å². The number of esters is 1. The molecule has 1 aromatic carbocycles. The molecule has 0 bridgehead atoms. The third-order valence-electron chi connectivity index (χ3n) is 3.68. The number of benzene rings is 1. The van der Waals surface area contributed by atoms with Gasteiger partial charge in [-0.1, -0.05) is 6.92 Å². The summed E-state index contributed by atoms with van der Waals surface area (Å²) in [6.07, 6.45) is -0.570. The van der Waals surface area contributed by atoms with Gasteiger partial charge in [0.2, 0.25) is 10.0 Å². The van der Waals surface area contributed by atoms with Gasteiger partial charge in [0.05, 0.1) is 10.5 Å². The molecule has 0 aromatic heterocycles. The van der Waals surface area contributed by atoms with Crippen LogP contribution in [0.15, 0.2) is 29.2 Å². The van der Waals surface area contributed by atoms with Gasteiger partial charge in [0.1, 0.15) is 0 Å². The molecular formula is C18H27N3O6S. The molecule has 0 fully saturated rings. The van der Waals surface area contributed by atoms with E-state index in [0.29, 0.717) is 6.42 Å². The molecule has 156 valence electrons. The summed E-state index contributed by atoms with van der Waals surface area (Å²) in [5.74, 6) is -1.59. The standard InChI is InChI=1S/C18H27N3O6S/c1-6-12(4)21-28(25,26)15-9-7-14(8-10-15)17(23)27-13(5)16(22)20-18(24)19-11(2)3/h7-13,21H,6H2,1-5H3,(H2,19,20,22,24)/t12-,13-/m0/s1. The molecule has 1 aromatic rings. The predicted molar refractivity (Wildman–Crippen MR) is 103 cm³/mol. The average molecular weight is 413 g/mol. The summed E-state index contributed by atoms with van der Waals surface area (Å²) in [6, 6.07) is 4.08. The minimum atomic E-state index is -3.68. The van der Waals surface area contributed by atoms with Crippen LogP contribution in [0.5, 0.6) is 0 Å². The molecule has 3 N–H and O–H groups in total. The van der Waals surface area contributed by atoms with Crippen LogP contribution in [0.3, 0.4) is 0 Å². The number of rotatable bonds is 8. The van der Waals surface area contributed by atoms with Crippen molar-refractivity contribution in [1.29, 1.82) is 0 Å². The second kappa shape index (κ2) is 10.2. The van der Waals surface area contributed by atoms with Crippen molar-refractivity contribution in [3.63, 3.8) is 0 Å². The number of hydrogen-bond acceptors (Lipinski definition) is 6. The molecule has 28 heavy (non-hydrogen) atoms. The number of imide groups is 1. The first kappa shape index (κ1) is 23.6. The van der Waals surface area contributed by atoms with E-state index < -0.39 is 34.0 Å². The number of hydrogen-bond donors (Lipinski definition) is 3. The number of sulfonamides is 1. The van der Waals surface area contributed by atoms with Crippen LogP contribution in [0.1, 0.15) is 51.4 Å². The van der Waals surface area contributed by atoms with E-state index in [-0.39, 0.29) is 22.5 Å². The van der Waals surface area contributed by atoms with Gasteiger partial charge in [-0.05, 0) is 58.4 Å². The predicted octanol–water partition coefficient (Wildman–Crippen LogP) is 1.54. The maximum atomic E-state index is 12.2. The molecule has 0 saturated heterocycles. The maximum absolute atomic E-state index is 12.2. The smallest absolute Gasteiger partial charge is 0.338 e. The van der Waals surface area contributed by atoms with E-state index in [4.69, 9.17) is 4.74 Å². The molecule has 2 atom stereocenters. The molecule has 0 aliphatic heterocycles. The molecule has 0 unspecified atom stereocenters. The lowest BCUT2D eigenvalue weighted by Gasteiger charge is -2.15. The fourth-order valence-electron chi connectivity index (χ4n) is 1.98. The lowest BCUT2D eigenvalue weighted by atomic mass is 10.2. The van der Waals surface area contributed by atoms with E-state index in [1.165, 1.54) is 31.2 Å². The summed E-state index contributed by atoms with van der Waals surface area (Å²) >= 11 is 0. The Labute approximate surface area is 165 Å². The fraction of sp³-hybridized carbons (Fsp3) is 0.500. The minimum Gasteiger partial charge on any atom is -0.449 e. The Morgan fingerprint density at radius 3 is 2.11 bits per heavy atom. The second-order valence-corrected chi connectivity index (χ2v) is 8.33. The van der Waals surface area contributed by atoms with Crippen LogP contribution in [0.4, 0.5) is 4.79 Å². The van der Waals surface area contributed by atoms with Gasteiger partial charge in [0.25, 0.3) is 5.91 Å². The lowest BCUT2D eigenvalue weighted by molar-refractivity contribution is -0.127. The molecule has 3 amide bonds. The number of carbonyl (C=O) groups is 3. The number of nitrogens with one attached hydrogen (secondary N) is 3. The van der Waals surface area contributed by atoms with Crippen molar-refractivity contribution in [2.75, 3.05) is 0 Å². The van der Waals surface area contributed by atoms with Gasteiger partial charge in [-0.3, -0.25) is 10.1 Å². The topological polar surface area (TPSA) is 131 Å². The Kier molecular flexibility index (Phi) is 8.58. The van der Waals surface area contributed by atoms with Crippen molar-refractivity contribution in [2.45, 2.75) is 64.1 Å². The number of ether oxygens (including phenoxy) is 1. The van der Waals surface area contributed by atoms with E-state index in [1.807, 2.05) is 6.92 Å². The number of urea groups is 1. The van der Waals surface area contributed by atoms with Crippen molar-refractivity contribution in [3.05, 3.63) is 29.8 Å². The van der Waals surface area contributed by atoms with Gasteiger partial charge in [0.15, 0.2) is 6.10 Å². The van der Waals surface area contributed by atoms with Crippen molar-refractivity contribution in [3.8, 4) is 0 Å². The number of carbonyl (C=O) groups excluding carboxylic acids is 3. The summed E-state index contributed by atoms with van der Waals surface area (Å²) in [5, 5.41) is 4.54. The molecular weight excluding hydrogens is 386 g/mol. The first-order valence-electron chi connectivity index (χ1n) is 8.91. The Balaban J connectivity index is 2.72. The van der Waals surface area contributed by atoms with Crippen molar-refractivity contribution in [2.24, 2.45) is 0 Å². The largest absolute Gasteiger partial charge is 0.449 e. The zero-order valence-corrected chi connectivity index (χ0v) is 17.4. The Morgan fingerprint density at radius 1 is 1.04 bits per heavy atom. The molecule has 0 aliphatic rings. The third kappa shape index (κ3) is 7.28. The molecule has 1 rings (SSSR count). The van der Waals surface area contributed by atoms with Crippen molar-refractivity contribution < 1.29 is 27.5 Å². The molecule has 0 saturated carbocycles. The van der Waals surface area contributed by atoms with Crippen LogP contribution in [0, 0.1) is 0 Å². The van der Waals surface area contributed by atoms with Crippen molar-refractivity contribution >= 4 is 27.9 Å². The maximum Gasteiger partial charge on any atom is 0.338 e. The lowest BCUT2D eigenvalue weighted by Crippen LogP contribution is -2.46. The normalized spacial score (nSPS) is 13.5. The van der Waals surface area contributed by atoms with Crippen LogP contribution >= 0.6 is 0 Å². The summed E-state index contributed by atoms with van der Waals surface area (Å²) in [4.78, 5) is 35.5. The molecule has 10 heteroatoms. The summed E-state index contributed by atoms with van der Waals surface area (Å²) in [6.45, 7) is 8.39. The first-order chi connectivity index (χ1) is 13.0. The van der Waals surface area contributed by atoms with Crippen LogP contribution < -0.4 is 15.4 Å². The fourth-order valence-corrected chi connectivity index (χ4v) is 3.31. The van der Waals surface area contributed by atoms with E-state index >= 15 is 0 Å². The van der Waals surface area contributed by atoms with E-state index in [1.54, 1.807) is 20.8 Å². The third-order valence-corrected chi connectivity index (χ3v) is 5.28. The average Bonchev–Trinajstić information content (AvgIpc) is 2.60. The molecule has 0 spiro atoms. The van der Waals surface area contributed by atoms with Crippen LogP contribution in [0.2, 0.25) is 0 Å². The monoisotopic (exact) mass is 413 g/mol. The van der Waals surface area contributed by atoms with Crippen LogP contribution in [0.25, 0.3) is 0 Å². The molecule has 0 radical (unpaired) electrons. The summed E-state index contributed by atoms with van der Waals surface area (Å²) < 4.78 is 32.0. The quantitative estimate of drug-likeness (QED) is 0.554. The van der Waals surface area contributed by atoms with Gasteiger partial charge < -0.3 is 10.1 Å². The Hall–Kier alpha value is -2.46. The molecule has 9 nitrogen and oxygen atoms in total. The SMILES string of the molecule is CC[C@H](C)NS(=O)(=O)c1ccc(C(=O)O[C@@H](C)C(=O)NC(=O)NC(C)C)cc1. The van der Waals surface area contributed by atoms with Gasteiger partial charge in [-0.25, -0.2) is 22.7 Å². The van der Waals surface area contributed by atoms with Crippen LogP contribution in [-0.4, -0.2) is 44.5 Å². The number of amides is 3. The molecule has 0 aliphatic carbocycles.